The van der Waals surface area contributed by atoms with Crippen LogP contribution in [0.4, 0.5) is 5.69 Å². The fourth-order valence-electron chi connectivity index (χ4n) is 8.45. The Hall–Kier alpha value is -3.69. The van der Waals surface area contributed by atoms with Crippen molar-refractivity contribution in [3.63, 3.8) is 0 Å². The van der Waals surface area contributed by atoms with Gasteiger partial charge in [0.2, 0.25) is 11.8 Å². The van der Waals surface area contributed by atoms with Gasteiger partial charge in [0.15, 0.2) is 5.60 Å². The van der Waals surface area contributed by atoms with Crippen LogP contribution in [-0.2, 0) is 42.0 Å². The van der Waals surface area contributed by atoms with Crippen LogP contribution in [0, 0.1) is 11.8 Å². The molecule has 2 heterocycles. The van der Waals surface area contributed by atoms with Crippen molar-refractivity contribution in [2.75, 3.05) is 66.4 Å². The van der Waals surface area contributed by atoms with E-state index >= 15 is 0 Å². The number of fused-ring (bicyclic) bond motifs is 4. The zero-order valence-corrected chi connectivity index (χ0v) is 33.3. The Morgan fingerprint density at radius 2 is 1.85 bits per heavy atom. The van der Waals surface area contributed by atoms with Crippen LogP contribution in [0.15, 0.2) is 48.6 Å². The molecular formula is C39H52ClN5O8S. The number of rotatable bonds is 5. The van der Waals surface area contributed by atoms with Crippen LogP contribution >= 0.6 is 11.6 Å². The van der Waals surface area contributed by atoms with Gasteiger partial charge in [0.05, 0.1) is 30.7 Å². The summed E-state index contributed by atoms with van der Waals surface area (Å²) in [7, 11) is 3.03. The number of hydrogen-bond donors (Lipinski definition) is 3. The van der Waals surface area contributed by atoms with E-state index in [2.05, 4.69) is 11.0 Å². The molecule has 0 radical (unpaired) electrons. The van der Waals surface area contributed by atoms with E-state index in [9.17, 15) is 33.0 Å². The molecule has 0 unspecified atom stereocenters. The SMILES string of the molecule is CN(C)C(=O)C[C@@]1(O)/C=C\CCN(C)C(=O)C[C@](O)(C(=O)NS(=O)(=O)N(C)C)c2ccc3c(c2)N(C[C@@H]2CC[C@H]21)C[C@@]1(CCCc2cc(Cl)ccc21)CO3. The predicted octanol–water partition coefficient (Wildman–Crippen LogP) is 2.97. The number of amides is 3. The Balaban J connectivity index is 1.50. The van der Waals surface area contributed by atoms with Crippen LogP contribution in [0.5, 0.6) is 5.75 Å². The summed E-state index contributed by atoms with van der Waals surface area (Å²) >= 11 is 6.45. The van der Waals surface area contributed by atoms with Gasteiger partial charge in [-0.05, 0) is 91.3 Å². The van der Waals surface area contributed by atoms with E-state index in [1.54, 1.807) is 38.4 Å². The Kier molecular flexibility index (Phi) is 11.2. The molecule has 2 aromatic rings. The first-order valence-electron chi connectivity index (χ1n) is 18.5. The third kappa shape index (κ3) is 7.73. The molecule has 15 heteroatoms. The minimum atomic E-state index is -4.33. The van der Waals surface area contributed by atoms with Gasteiger partial charge in [-0.2, -0.15) is 12.7 Å². The molecule has 3 amide bonds. The van der Waals surface area contributed by atoms with Crippen LogP contribution in [0.1, 0.15) is 61.6 Å². The number of nitrogens with one attached hydrogen (secondary N) is 1. The number of hydrogen-bond acceptors (Lipinski definition) is 9. The molecule has 2 bridgehead atoms. The number of nitrogens with zero attached hydrogens (tertiary/aromatic N) is 4. The average Bonchev–Trinajstić information content (AvgIpc) is 3.24. The summed E-state index contributed by atoms with van der Waals surface area (Å²) in [6.07, 6.45) is 7.08. The zero-order valence-electron chi connectivity index (χ0n) is 31.7. The molecule has 4 aliphatic rings. The summed E-state index contributed by atoms with van der Waals surface area (Å²) in [6.45, 7) is 1.48. The van der Waals surface area contributed by atoms with Gasteiger partial charge in [0.25, 0.3) is 5.91 Å². The quantitative estimate of drug-likeness (QED) is 0.388. The monoisotopic (exact) mass is 785 g/mol. The lowest BCUT2D eigenvalue weighted by Crippen LogP contribution is -2.53. The molecule has 2 aliphatic heterocycles. The number of carbonyl (C=O) groups excluding carboxylic acids is 3. The molecule has 0 aromatic heterocycles. The van der Waals surface area contributed by atoms with E-state index in [0.29, 0.717) is 49.0 Å². The lowest BCUT2D eigenvalue weighted by molar-refractivity contribution is -0.148. The predicted molar refractivity (Wildman–Crippen MR) is 205 cm³/mol. The number of anilines is 1. The third-order valence-electron chi connectivity index (χ3n) is 11.9. The normalized spacial score (nSPS) is 29.3. The molecule has 13 nitrogen and oxygen atoms in total. The van der Waals surface area contributed by atoms with Gasteiger partial charge in [-0.15, -0.1) is 0 Å². The number of aliphatic hydroxyl groups is 2. The van der Waals surface area contributed by atoms with E-state index in [-0.39, 0.29) is 36.3 Å². The number of carbonyl (C=O) groups is 3. The fraction of sp³-hybridized carbons (Fsp3) is 0.564. The van der Waals surface area contributed by atoms with Gasteiger partial charge in [-0.25, -0.2) is 4.72 Å². The van der Waals surface area contributed by atoms with Crippen LogP contribution in [0.3, 0.4) is 0 Å². The van der Waals surface area contributed by atoms with Gasteiger partial charge in [-0.1, -0.05) is 35.9 Å². The maximum atomic E-state index is 13.9. The summed E-state index contributed by atoms with van der Waals surface area (Å²) in [4.78, 5) is 45.8. The highest BCUT2D eigenvalue weighted by Crippen LogP contribution is 2.49. The van der Waals surface area contributed by atoms with Crippen molar-refractivity contribution in [2.24, 2.45) is 11.8 Å². The van der Waals surface area contributed by atoms with Gasteiger partial charge in [-0.3, -0.25) is 14.4 Å². The lowest BCUT2D eigenvalue weighted by atomic mass is 9.63. The largest absolute Gasteiger partial charge is 0.490 e. The summed E-state index contributed by atoms with van der Waals surface area (Å²) in [6, 6.07) is 10.7. The van der Waals surface area contributed by atoms with E-state index in [1.807, 2.05) is 16.9 Å². The standard InChI is InChI=1S/C39H52ClN5O8S/c1-42(2)34(46)21-38(49)17-6-7-18-44(5)35(47)22-39(50,36(48)41-54(51,52)43(3)4)28-11-15-33-32(20-28)45(23-27-10-13-31(27)38)24-37(25-53-33)16-8-9-26-19-29(40)12-14-30(26)37/h6,11-12,14-15,17,19-20,27,31,49-50H,7-10,13,16,18,21-25H2,1-5H3,(H,41,48)/b17-6-/t27-,31+,37-,38-,39+/m0/s1. The summed E-state index contributed by atoms with van der Waals surface area (Å²) in [5, 5.41) is 25.2. The molecule has 1 saturated carbocycles. The molecule has 1 spiro atoms. The Morgan fingerprint density at radius 1 is 1.09 bits per heavy atom. The van der Waals surface area contributed by atoms with E-state index in [4.69, 9.17) is 16.3 Å². The highest BCUT2D eigenvalue weighted by molar-refractivity contribution is 7.87. The van der Waals surface area contributed by atoms with Gasteiger partial charge < -0.3 is 29.6 Å². The molecule has 294 valence electrons. The molecule has 5 atom stereocenters. The smallest absolute Gasteiger partial charge is 0.303 e. The van der Waals surface area contributed by atoms with Crippen molar-refractivity contribution in [3.05, 3.63) is 70.3 Å². The molecular weight excluding hydrogens is 734 g/mol. The minimum Gasteiger partial charge on any atom is -0.490 e. The minimum absolute atomic E-state index is 0.0278. The fourth-order valence-corrected chi connectivity index (χ4v) is 9.23. The summed E-state index contributed by atoms with van der Waals surface area (Å²) < 4.78 is 35.1. The van der Waals surface area contributed by atoms with Gasteiger partial charge >= 0.3 is 10.2 Å². The highest BCUT2D eigenvalue weighted by atomic mass is 35.5. The van der Waals surface area contributed by atoms with Crippen molar-refractivity contribution in [2.45, 2.75) is 68.0 Å². The van der Waals surface area contributed by atoms with Gasteiger partial charge in [0.1, 0.15) is 5.75 Å². The topological polar surface area (TPSA) is 160 Å². The Bertz CT molecular complexity index is 1940. The van der Waals surface area contributed by atoms with Crippen molar-refractivity contribution in [1.29, 1.82) is 0 Å². The maximum absolute atomic E-state index is 13.9. The first-order valence-corrected chi connectivity index (χ1v) is 20.3. The number of ether oxygens (including phenoxy) is 1. The molecule has 3 N–H and O–H groups in total. The van der Waals surface area contributed by atoms with Crippen LogP contribution in [0.2, 0.25) is 5.02 Å². The Morgan fingerprint density at radius 3 is 2.54 bits per heavy atom. The molecule has 6 rings (SSSR count). The first-order chi connectivity index (χ1) is 25.4. The second-order valence-corrected chi connectivity index (χ2v) is 18.3. The average molecular weight is 786 g/mol. The van der Waals surface area contributed by atoms with E-state index < -0.39 is 45.1 Å². The van der Waals surface area contributed by atoms with Crippen molar-refractivity contribution < 1.29 is 37.8 Å². The number of halogens is 1. The third-order valence-corrected chi connectivity index (χ3v) is 13.6. The Labute approximate surface area is 323 Å². The van der Waals surface area contributed by atoms with Crippen LogP contribution in [-0.4, -0.2) is 118 Å². The number of aryl methyl sites for hydroxylation is 1. The van der Waals surface area contributed by atoms with E-state index in [1.165, 1.54) is 37.0 Å². The molecule has 54 heavy (non-hydrogen) atoms. The molecule has 2 aliphatic carbocycles. The summed E-state index contributed by atoms with van der Waals surface area (Å²) in [5.74, 6) is -1.86. The van der Waals surface area contributed by atoms with Crippen molar-refractivity contribution >= 4 is 45.2 Å². The molecule has 0 saturated heterocycles. The molecule has 1 fully saturated rings. The van der Waals surface area contributed by atoms with Crippen LogP contribution in [0.25, 0.3) is 0 Å². The molecule has 2 aromatic carbocycles. The van der Waals surface area contributed by atoms with Crippen molar-refractivity contribution in [3.8, 4) is 5.75 Å². The second kappa shape index (κ2) is 15.1. The van der Waals surface area contributed by atoms with Gasteiger partial charge in [0, 0.05) is 65.3 Å². The first kappa shape index (κ1) is 40.0. The second-order valence-electron chi connectivity index (χ2n) is 15.9. The van der Waals surface area contributed by atoms with Crippen LogP contribution < -0.4 is 14.4 Å². The maximum Gasteiger partial charge on any atom is 0.303 e. The zero-order chi connectivity index (χ0) is 39.2. The lowest BCUT2D eigenvalue weighted by Gasteiger charge is -2.49. The number of benzene rings is 2. The summed E-state index contributed by atoms with van der Waals surface area (Å²) in [5.41, 5.74) is -1.59. The highest BCUT2D eigenvalue weighted by Gasteiger charge is 2.50. The van der Waals surface area contributed by atoms with E-state index in [0.717, 1.165) is 41.1 Å². The van der Waals surface area contributed by atoms with Crippen molar-refractivity contribution in [1.82, 2.24) is 18.8 Å².